The number of quaternary nitrogens is 1. The lowest BCUT2D eigenvalue weighted by Crippen LogP contribution is -2.51. The maximum Gasteiger partial charge on any atom is 0.226 e. The van der Waals surface area contributed by atoms with Crippen molar-refractivity contribution >= 4 is 29.1 Å². The number of rotatable bonds is 12. The molecular weight excluding hydrogens is 539 g/mol. The molecule has 6 heteroatoms. The monoisotopic (exact) mass is 581 g/mol. The Kier molecular flexibility index (Phi) is 10.9. The first-order valence-electron chi connectivity index (χ1n) is 14.5. The Morgan fingerprint density at radius 3 is 2.40 bits per heavy atom. The summed E-state index contributed by atoms with van der Waals surface area (Å²) in [6.07, 6.45) is 5.01. The molecule has 1 atom stereocenters. The second-order valence-electron chi connectivity index (χ2n) is 11.6. The molecule has 1 aliphatic heterocycles. The van der Waals surface area contributed by atoms with E-state index in [0.717, 1.165) is 40.2 Å². The number of benzene rings is 3. The smallest absolute Gasteiger partial charge is 0.226 e. The zero-order valence-electron chi connectivity index (χ0n) is 24.1. The van der Waals surface area contributed by atoms with Gasteiger partial charge < -0.3 is 14.1 Å². The average Bonchev–Trinajstić information content (AvgIpc) is 2.95. The minimum absolute atomic E-state index is 0.0980. The first kappa shape index (κ1) is 30.4. The Labute approximate surface area is 250 Å². The number of piperidine rings is 1. The largest absolute Gasteiger partial charge is 0.494 e. The number of likely N-dealkylation sites (tertiary alicyclic amines) is 1. The van der Waals surface area contributed by atoms with Gasteiger partial charge in [-0.25, -0.2) is 0 Å². The van der Waals surface area contributed by atoms with Gasteiger partial charge in [-0.1, -0.05) is 71.7 Å². The van der Waals surface area contributed by atoms with Gasteiger partial charge in [0, 0.05) is 25.9 Å². The lowest BCUT2D eigenvalue weighted by Gasteiger charge is -2.41. The minimum Gasteiger partial charge on any atom is -0.494 e. The SMILES string of the molecule is CCOc1cccc(CC(=O)N(C)CC(CC[N+]2(C)CCC(Cc3ccccc3)CC2)c2ccc(Cl)c(Cl)c2)c1. The molecule has 1 saturated heterocycles. The van der Waals surface area contributed by atoms with Crippen LogP contribution in [-0.4, -0.2) is 62.2 Å². The van der Waals surface area contributed by atoms with Gasteiger partial charge in [0.1, 0.15) is 5.75 Å². The third-order valence-electron chi connectivity index (χ3n) is 8.44. The second kappa shape index (κ2) is 14.4. The normalized spacial score (nSPS) is 19.7. The van der Waals surface area contributed by atoms with Crippen LogP contribution in [0.15, 0.2) is 72.8 Å². The van der Waals surface area contributed by atoms with Crippen LogP contribution in [0.4, 0.5) is 0 Å². The summed E-state index contributed by atoms with van der Waals surface area (Å²) < 4.78 is 6.69. The van der Waals surface area contributed by atoms with Crippen LogP contribution in [-0.2, 0) is 17.6 Å². The lowest BCUT2D eigenvalue weighted by molar-refractivity contribution is -0.915. The summed E-state index contributed by atoms with van der Waals surface area (Å²) in [5.74, 6) is 1.83. The summed E-state index contributed by atoms with van der Waals surface area (Å²) in [4.78, 5) is 15.1. The number of ether oxygens (including phenoxy) is 1. The standard InChI is InChI=1S/C34H43Cl2N2O2/c1-4-40-31-12-8-11-28(22-31)23-34(39)37(2)25-30(29-13-14-32(35)33(36)24-29)17-20-38(3)18-15-27(16-19-38)21-26-9-6-5-7-10-26/h5-14,22,24,27,30H,4,15-21,23,25H2,1-3H3/q+1. The number of halogens is 2. The molecule has 0 aromatic heterocycles. The quantitative estimate of drug-likeness (QED) is 0.205. The lowest BCUT2D eigenvalue weighted by atomic mass is 9.88. The first-order chi connectivity index (χ1) is 19.2. The number of hydrogen-bond acceptors (Lipinski definition) is 2. The topological polar surface area (TPSA) is 29.5 Å². The molecule has 1 aliphatic rings. The van der Waals surface area contributed by atoms with Crippen molar-refractivity contribution in [3.05, 3.63) is 99.5 Å². The highest BCUT2D eigenvalue weighted by Gasteiger charge is 2.31. The second-order valence-corrected chi connectivity index (χ2v) is 12.4. The molecule has 0 saturated carbocycles. The van der Waals surface area contributed by atoms with E-state index in [1.165, 1.54) is 37.9 Å². The van der Waals surface area contributed by atoms with Gasteiger partial charge in [0.25, 0.3) is 0 Å². The van der Waals surface area contributed by atoms with Gasteiger partial charge in [-0.15, -0.1) is 0 Å². The molecule has 3 aromatic rings. The fraction of sp³-hybridized carbons (Fsp3) is 0.441. The highest BCUT2D eigenvalue weighted by atomic mass is 35.5. The predicted octanol–water partition coefficient (Wildman–Crippen LogP) is 7.67. The van der Waals surface area contributed by atoms with Crippen LogP contribution in [0, 0.1) is 5.92 Å². The maximum atomic E-state index is 13.3. The van der Waals surface area contributed by atoms with Crippen LogP contribution in [0.25, 0.3) is 0 Å². The van der Waals surface area contributed by atoms with E-state index in [2.05, 4.69) is 43.4 Å². The molecule has 214 valence electrons. The van der Waals surface area contributed by atoms with Gasteiger partial charge in [-0.3, -0.25) is 4.79 Å². The molecule has 1 fully saturated rings. The van der Waals surface area contributed by atoms with E-state index in [1.807, 2.05) is 55.3 Å². The number of amides is 1. The van der Waals surface area contributed by atoms with Gasteiger partial charge in [0.15, 0.2) is 0 Å². The number of nitrogens with zero attached hydrogens (tertiary/aromatic N) is 2. The molecule has 0 radical (unpaired) electrons. The molecule has 0 bridgehead atoms. The fourth-order valence-electron chi connectivity index (χ4n) is 5.87. The van der Waals surface area contributed by atoms with E-state index in [4.69, 9.17) is 27.9 Å². The molecule has 0 N–H and O–H groups in total. The Hall–Kier alpha value is -2.53. The molecular formula is C34H43Cl2N2O2+. The van der Waals surface area contributed by atoms with Crippen molar-refractivity contribution in [2.24, 2.45) is 5.92 Å². The zero-order chi connectivity index (χ0) is 28.5. The van der Waals surface area contributed by atoms with Crippen LogP contribution in [0.5, 0.6) is 5.75 Å². The molecule has 0 aliphatic carbocycles. The molecule has 40 heavy (non-hydrogen) atoms. The summed E-state index contributed by atoms with van der Waals surface area (Å²) in [6.45, 7) is 6.66. The van der Waals surface area contributed by atoms with Gasteiger partial charge in [0.05, 0.1) is 49.8 Å². The van der Waals surface area contributed by atoms with E-state index in [-0.39, 0.29) is 11.8 Å². The van der Waals surface area contributed by atoms with Crippen LogP contribution < -0.4 is 4.74 Å². The molecule has 4 rings (SSSR count). The summed E-state index contributed by atoms with van der Waals surface area (Å²) in [7, 11) is 4.30. The van der Waals surface area contributed by atoms with Gasteiger partial charge in [-0.05, 0) is 73.1 Å². The van der Waals surface area contributed by atoms with Gasteiger partial charge in [-0.2, -0.15) is 0 Å². The first-order valence-corrected chi connectivity index (χ1v) is 15.3. The van der Waals surface area contributed by atoms with E-state index in [9.17, 15) is 4.79 Å². The van der Waals surface area contributed by atoms with Crippen molar-refractivity contribution in [2.75, 3.05) is 46.9 Å². The Morgan fingerprint density at radius 1 is 0.975 bits per heavy atom. The summed E-state index contributed by atoms with van der Waals surface area (Å²) in [5.41, 5.74) is 3.55. The van der Waals surface area contributed by atoms with Crippen molar-refractivity contribution in [3.63, 3.8) is 0 Å². The number of carbonyl (C=O) groups excluding carboxylic acids is 1. The third-order valence-corrected chi connectivity index (χ3v) is 9.18. The molecule has 1 unspecified atom stereocenters. The highest BCUT2D eigenvalue weighted by molar-refractivity contribution is 6.42. The predicted molar refractivity (Wildman–Crippen MR) is 166 cm³/mol. The van der Waals surface area contributed by atoms with Crippen molar-refractivity contribution in [1.82, 2.24) is 4.90 Å². The van der Waals surface area contributed by atoms with Crippen LogP contribution in [0.1, 0.15) is 48.8 Å². The fourth-order valence-corrected chi connectivity index (χ4v) is 6.18. The summed E-state index contributed by atoms with van der Waals surface area (Å²) in [6, 6.07) is 24.6. The summed E-state index contributed by atoms with van der Waals surface area (Å²) in [5, 5.41) is 1.12. The van der Waals surface area contributed by atoms with Crippen LogP contribution in [0.2, 0.25) is 10.0 Å². The van der Waals surface area contributed by atoms with Crippen molar-refractivity contribution in [1.29, 1.82) is 0 Å². The van der Waals surface area contributed by atoms with Crippen molar-refractivity contribution in [2.45, 2.75) is 44.9 Å². The van der Waals surface area contributed by atoms with E-state index in [0.29, 0.717) is 29.6 Å². The highest BCUT2D eigenvalue weighted by Crippen LogP contribution is 2.31. The van der Waals surface area contributed by atoms with Crippen molar-refractivity contribution < 1.29 is 14.0 Å². The number of carbonyl (C=O) groups is 1. The van der Waals surface area contributed by atoms with E-state index >= 15 is 0 Å². The average molecular weight is 583 g/mol. The van der Waals surface area contributed by atoms with Gasteiger partial charge in [0.2, 0.25) is 5.91 Å². The van der Waals surface area contributed by atoms with E-state index in [1.54, 1.807) is 0 Å². The minimum atomic E-state index is 0.0980. The molecule has 0 spiro atoms. The summed E-state index contributed by atoms with van der Waals surface area (Å²) >= 11 is 12.7. The van der Waals surface area contributed by atoms with Gasteiger partial charge >= 0.3 is 0 Å². The number of hydrogen-bond donors (Lipinski definition) is 0. The Morgan fingerprint density at radius 2 is 1.70 bits per heavy atom. The Balaban J connectivity index is 1.39. The molecule has 4 nitrogen and oxygen atoms in total. The van der Waals surface area contributed by atoms with Crippen LogP contribution in [0.3, 0.4) is 0 Å². The molecule has 1 heterocycles. The zero-order valence-corrected chi connectivity index (χ0v) is 25.6. The maximum absolute atomic E-state index is 13.3. The molecule has 3 aromatic carbocycles. The number of likely N-dealkylation sites (N-methyl/N-ethyl adjacent to an activating group) is 1. The Bertz CT molecular complexity index is 1240. The van der Waals surface area contributed by atoms with E-state index < -0.39 is 0 Å². The third kappa shape index (κ3) is 8.73. The van der Waals surface area contributed by atoms with Crippen molar-refractivity contribution in [3.8, 4) is 5.75 Å². The molecule has 1 amide bonds. The van der Waals surface area contributed by atoms with Crippen LogP contribution >= 0.6 is 23.2 Å².